The third-order valence-corrected chi connectivity index (χ3v) is 3.31. The molecule has 0 aliphatic carbocycles. The molecule has 21 heavy (non-hydrogen) atoms. The van der Waals surface area contributed by atoms with Gasteiger partial charge in [0, 0.05) is 6.42 Å². The van der Waals surface area contributed by atoms with E-state index >= 15 is 0 Å². The monoisotopic (exact) mass is 291 g/mol. The molecule has 1 aromatic carbocycles. The highest BCUT2D eigenvalue weighted by atomic mass is 16.5. The van der Waals surface area contributed by atoms with Gasteiger partial charge in [0.2, 0.25) is 0 Å². The summed E-state index contributed by atoms with van der Waals surface area (Å²) in [6.07, 6.45) is 8.46. The second-order valence-electron chi connectivity index (χ2n) is 5.16. The van der Waals surface area contributed by atoms with Crippen LogP contribution in [0, 0.1) is 0 Å². The van der Waals surface area contributed by atoms with Gasteiger partial charge in [0.25, 0.3) is 0 Å². The number of carbonyl (C=O) groups excluding carboxylic acids is 2. The third-order valence-electron chi connectivity index (χ3n) is 3.31. The van der Waals surface area contributed by atoms with Crippen LogP contribution in [0.3, 0.4) is 0 Å². The standard InChI is InChI=1S/C17H24O4/c1-2-3-4-5-6-7-8-9-16(18)21-15-12-10-14(11-13-15)17(19)20/h10-13H,2-9H2,1H3,(H,19,20)/p-1. The zero-order valence-corrected chi connectivity index (χ0v) is 12.6. The Labute approximate surface area is 126 Å². The van der Waals surface area contributed by atoms with Crippen molar-refractivity contribution in [3.8, 4) is 5.75 Å². The maximum atomic E-state index is 11.6. The minimum Gasteiger partial charge on any atom is -0.545 e. The first kappa shape index (κ1) is 17.2. The molecule has 0 atom stereocenters. The van der Waals surface area contributed by atoms with Gasteiger partial charge in [0.1, 0.15) is 5.75 Å². The van der Waals surface area contributed by atoms with Crippen LogP contribution in [0.5, 0.6) is 5.75 Å². The van der Waals surface area contributed by atoms with Crippen molar-refractivity contribution >= 4 is 11.9 Å². The predicted octanol–water partition coefficient (Wildman–Crippen LogP) is 3.10. The zero-order chi connectivity index (χ0) is 15.5. The number of rotatable bonds is 10. The van der Waals surface area contributed by atoms with Gasteiger partial charge in [0.15, 0.2) is 0 Å². The number of carboxylic acids is 1. The van der Waals surface area contributed by atoms with Gasteiger partial charge in [-0.05, 0) is 36.2 Å². The van der Waals surface area contributed by atoms with Gasteiger partial charge in [-0.3, -0.25) is 4.79 Å². The molecule has 1 aromatic rings. The molecule has 0 aliphatic heterocycles. The molecule has 0 radical (unpaired) electrons. The van der Waals surface area contributed by atoms with Gasteiger partial charge in [0.05, 0.1) is 5.97 Å². The number of aromatic carboxylic acids is 1. The zero-order valence-electron chi connectivity index (χ0n) is 12.6. The molecule has 1 rings (SSSR count). The summed E-state index contributed by atoms with van der Waals surface area (Å²) >= 11 is 0. The minimum atomic E-state index is -1.24. The molecule has 0 saturated carbocycles. The summed E-state index contributed by atoms with van der Waals surface area (Å²) in [5.41, 5.74) is 0.0712. The lowest BCUT2D eigenvalue weighted by molar-refractivity contribution is -0.255. The molecule has 0 fully saturated rings. The number of benzene rings is 1. The van der Waals surface area contributed by atoms with E-state index in [0.29, 0.717) is 12.2 Å². The summed E-state index contributed by atoms with van der Waals surface area (Å²) in [6, 6.07) is 5.67. The summed E-state index contributed by atoms with van der Waals surface area (Å²) in [5, 5.41) is 10.6. The largest absolute Gasteiger partial charge is 0.545 e. The predicted molar refractivity (Wildman–Crippen MR) is 79.0 cm³/mol. The first-order valence-electron chi connectivity index (χ1n) is 7.65. The summed E-state index contributed by atoms with van der Waals surface area (Å²) < 4.78 is 5.14. The van der Waals surface area contributed by atoms with E-state index in [2.05, 4.69) is 6.92 Å². The molecule has 0 spiro atoms. The second-order valence-corrected chi connectivity index (χ2v) is 5.16. The molecule has 0 aromatic heterocycles. The van der Waals surface area contributed by atoms with Crippen LogP contribution in [0.2, 0.25) is 0 Å². The van der Waals surface area contributed by atoms with E-state index in [1.54, 1.807) is 0 Å². The van der Waals surface area contributed by atoms with Gasteiger partial charge in [-0.25, -0.2) is 0 Å². The van der Waals surface area contributed by atoms with E-state index in [0.717, 1.165) is 19.3 Å². The summed E-state index contributed by atoms with van der Waals surface area (Å²) in [5.74, 6) is -1.14. The number of ether oxygens (including phenoxy) is 1. The van der Waals surface area contributed by atoms with Gasteiger partial charge in [-0.2, -0.15) is 0 Å². The first-order chi connectivity index (χ1) is 10.1. The molecule has 0 N–H and O–H groups in total. The molecule has 0 aliphatic rings. The Morgan fingerprint density at radius 3 is 2.10 bits per heavy atom. The van der Waals surface area contributed by atoms with Crippen molar-refractivity contribution in [3.05, 3.63) is 29.8 Å². The van der Waals surface area contributed by atoms with Crippen LogP contribution in [0.4, 0.5) is 0 Å². The van der Waals surface area contributed by atoms with Crippen LogP contribution in [0.25, 0.3) is 0 Å². The minimum absolute atomic E-state index is 0.0712. The van der Waals surface area contributed by atoms with E-state index in [1.165, 1.54) is 49.9 Å². The number of hydrogen-bond donors (Lipinski definition) is 0. The molecule has 0 saturated heterocycles. The molecule has 0 amide bonds. The Morgan fingerprint density at radius 1 is 0.952 bits per heavy atom. The van der Waals surface area contributed by atoms with E-state index in [4.69, 9.17) is 4.74 Å². The van der Waals surface area contributed by atoms with Gasteiger partial charge >= 0.3 is 5.97 Å². The number of esters is 1. The molecule has 4 heteroatoms. The van der Waals surface area contributed by atoms with Crippen molar-refractivity contribution in [2.24, 2.45) is 0 Å². The number of carbonyl (C=O) groups is 2. The van der Waals surface area contributed by atoms with Crippen LogP contribution in [0.15, 0.2) is 24.3 Å². The van der Waals surface area contributed by atoms with Crippen LogP contribution in [-0.4, -0.2) is 11.9 Å². The van der Waals surface area contributed by atoms with Crippen molar-refractivity contribution in [3.63, 3.8) is 0 Å². The van der Waals surface area contributed by atoms with Crippen LogP contribution in [-0.2, 0) is 4.79 Å². The normalized spacial score (nSPS) is 10.3. The van der Waals surface area contributed by atoms with E-state index in [9.17, 15) is 14.7 Å². The Balaban J connectivity index is 2.17. The SMILES string of the molecule is CCCCCCCCCC(=O)Oc1ccc(C(=O)[O-])cc1. The fraction of sp³-hybridized carbons (Fsp3) is 0.529. The molecule has 116 valence electrons. The molecule has 0 bridgehead atoms. The van der Waals surface area contributed by atoms with Crippen molar-refractivity contribution in [2.75, 3.05) is 0 Å². The van der Waals surface area contributed by atoms with Crippen molar-refractivity contribution in [2.45, 2.75) is 58.3 Å². The Kier molecular flexibility index (Phi) is 8.17. The number of unbranched alkanes of at least 4 members (excludes halogenated alkanes) is 6. The summed E-state index contributed by atoms with van der Waals surface area (Å²) in [6.45, 7) is 2.19. The molecule has 0 heterocycles. The lowest BCUT2D eigenvalue weighted by atomic mass is 10.1. The first-order valence-corrected chi connectivity index (χ1v) is 7.65. The quantitative estimate of drug-likeness (QED) is 0.377. The molecular weight excluding hydrogens is 268 g/mol. The topological polar surface area (TPSA) is 66.4 Å². The lowest BCUT2D eigenvalue weighted by Crippen LogP contribution is -2.22. The summed E-state index contributed by atoms with van der Waals surface area (Å²) in [7, 11) is 0. The van der Waals surface area contributed by atoms with Crippen molar-refractivity contribution < 1.29 is 19.4 Å². The molecule has 0 unspecified atom stereocenters. The average Bonchev–Trinajstić information content (AvgIpc) is 2.47. The van der Waals surface area contributed by atoms with Gasteiger partial charge < -0.3 is 14.6 Å². The van der Waals surface area contributed by atoms with E-state index in [-0.39, 0.29) is 11.5 Å². The maximum absolute atomic E-state index is 11.6. The second kappa shape index (κ2) is 9.97. The number of carboxylic acid groups (broad SMARTS) is 1. The summed E-state index contributed by atoms with van der Waals surface area (Å²) in [4.78, 5) is 22.2. The average molecular weight is 291 g/mol. The Morgan fingerprint density at radius 2 is 1.52 bits per heavy atom. The third kappa shape index (κ3) is 7.49. The molecular formula is C17H23O4-. The highest BCUT2D eigenvalue weighted by Crippen LogP contribution is 2.14. The van der Waals surface area contributed by atoms with Crippen molar-refractivity contribution in [1.82, 2.24) is 0 Å². The van der Waals surface area contributed by atoms with Gasteiger partial charge in [-0.1, -0.05) is 45.4 Å². The Bertz CT molecular complexity index is 437. The lowest BCUT2D eigenvalue weighted by Gasteiger charge is -2.06. The van der Waals surface area contributed by atoms with Crippen molar-refractivity contribution in [1.29, 1.82) is 0 Å². The van der Waals surface area contributed by atoms with Crippen LogP contribution in [0.1, 0.15) is 68.6 Å². The van der Waals surface area contributed by atoms with E-state index < -0.39 is 5.97 Å². The van der Waals surface area contributed by atoms with Gasteiger partial charge in [-0.15, -0.1) is 0 Å². The smallest absolute Gasteiger partial charge is 0.311 e. The Hall–Kier alpha value is -1.84. The number of hydrogen-bond acceptors (Lipinski definition) is 4. The maximum Gasteiger partial charge on any atom is 0.311 e. The van der Waals surface area contributed by atoms with Crippen LogP contribution >= 0.6 is 0 Å². The van der Waals surface area contributed by atoms with Crippen LogP contribution < -0.4 is 9.84 Å². The molecule has 4 nitrogen and oxygen atoms in total. The fourth-order valence-electron chi connectivity index (χ4n) is 2.07. The highest BCUT2D eigenvalue weighted by molar-refractivity contribution is 5.86. The fourth-order valence-corrected chi connectivity index (χ4v) is 2.07. The van der Waals surface area contributed by atoms with E-state index in [1.807, 2.05) is 0 Å². The highest BCUT2D eigenvalue weighted by Gasteiger charge is 2.05.